The van der Waals surface area contributed by atoms with E-state index in [1.807, 2.05) is 24.3 Å². The van der Waals surface area contributed by atoms with Crippen LogP contribution in [0.1, 0.15) is 12.0 Å². The zero-order chi connectivity index (χ0) is 22.7. The Labute approximate surface area is 198 Å². The number of anilines is 1. The van der Waals surface area contributed by atoms with Gasteiger partial charge in [-0.05, 0) is 42.3 Å². The molecule has 1 amide bonds. The zero-order valence-electron chi connectivity index (χ0n) is 16.7. The summed E-state index contributed by atoms with van der Waals surface area (Å²) in [6, 6.07) is 13.6. The van der Waals surface area contributed by atoms with E-state index in [1.54, 1.807) is 29.3 Å². The molecule has 1 N–H and O–H groups in total. The number of nitrogens with zero attached hydrogens (tertiary/aromatic N) is 3. The highest BCUT2D eigenvalue weighted by Crippen LogP contribution is 2.33. The van der Waals surface area contributed by atoms with Gasteiger partial charge < -0.3 is 5.32 Å². The average molecular weight is 485 g/mol. The van der Waals surface area contributed by atoms with Crippen molar-refractivity contribution in [1.82, 2.24) is 9.88 Å². The standard InChI is InChI=1S/C22H17ClN4O3S2/c23-15-5-6-17-18(7-9-25-19(17)13-15)24-8-2-10-26-21(28)20(32-22(26)31)12-14-3-1-4-16(11-14)27(29)30/h1,3-7,9,11-13H,2,8,10H2,(H,24,25)/b20-12-. The highest BCUT2D eigenvalue weighted by Gasteiger charge is 2.31. The number of nitro benzene ring substituents is 1. The van der Waals surface area contributed by atoms with Gasteiger partial charge in [0, 0.05) is 47.5 Å². The normalized spacial score (nSPS) is 15.0. The fourth-order valence-corrected chi connectivity index (χ4v) is 4.78. The maximum absolute atomic E-state index is 12.8. The van der Waals surface area contributed by atoms with E-state index < -0.39 is 4.92 Å². The second-order valence-corrected chi connectivity index (χ2v) is 9.10. The molecule has 0 bridgehead atoms. The molecule has 162 valence electrons. The van der Waals surface area contributed by atoms with E-state index >= 15 is 0 Å². The molecule has 0 saturated carbocycles. The summed E-state index contributed by atoms with van der Waals surface area (Å²) >= 11 is 12.6. The lowest BCUT2D eigenvalue weighted by Gasteiger charge is -2.15. The molecule has 1 aliphatic heterocycles. The summed E-state index contributed by atoms with van der Waals surface area (Å²) in [5.74, 6) is -0.185. The van der Waals surface area contributed by atoms with Crippen LogP contribution in [-0.2, 0) is 4.79 Å². The number of carbonyl (C=O) groups excluding carboxylic acids is 1. The van der Waals surface area contributed by atoms with Gasteiger partial charge in [-0.3, -0.25) is 24.8 Å². The molecule has 0 atom stereocenters. The van der Waals surface area contributed by atoms with Gasteiger partial charge in [0.1, 0.15) is 4.32 Å². The van der Waals surface area contributed by atoms with E-state index in [4.69, 9.17) is 23.8 Å². The highest BCUT2D eigenvalue weighted by atomic mass is 35.5. The number of nitrogens with one attached hydrogen (secondary N) is 1. The number of thioether (sulfide) groups is 1. The summed E-state index contributed by atoms with van der Waals surface area (Å²) in [7, 11) is 0. The third-order valence-electron chi connectivity index (χ3n) is 4.83. The number of carbonyl (C=O) groups is 1. The molecule has 4 rings (SSSR count). The second-order valence-electron chi connectivity index (χ2n) is 6.99. The van der Waals surface area contributed by atoms with Crippen LogP contribution in [0.3, 0.4) is 0 Å². The van der Waals surface area contributed by atoms with Gasteiger partial charge in [-0.2, -0.15) is 0 Å². The summed E-state index contributed by atoms with van der Waals surface area (Å²) in [6.07, 6.45) is 4.05. The van der Waals surface area contributed by atoms with Crippen molar-refractivity contribution in [2.24, 2.45) is 0 Å². The number of non-ortho nitro benzene ring substituents is 1. The molecule has 7 nitrogen and oxygen atoms in total. The molecule has 1 aromatic heterocycles. The number of hydrogen-bond donors (Lipinski definition) is 1. The molecular formula is C22H17ClN4O3S2. The van der Waals surface area contributed by atoms with Gasteiger partial charge in [-0.1, -0.05) is 47.7 Å². The Bertz CT molecular complexity index is 1260. The number of fused-ring (bicyclic) bond motifs is 1. The van der Waals surface area contributed by atoms with Crippen LogP contribution in [0, 0.1) is 10.1 Å². The topological polar surface area (TPSA) is 88.4 Å². The largest absolute Gasteiger partial charge is 0.384 e. The summed E-state index contributed by atoms with van der Waals surface area (Å²) in [6.45, 7) is 1.11. The molecule has 0 unspecified atom stereocenters. The Balaban J connectivity index is 1.37. The summed E-state index contributed by atoms with van der Waals surface area (Å²) in [5, 5.41) is 16.0. The average Bonchev–Trinajstić information content (AvgIpc) is 3.03. The van der Waals surface area contributed by atoms with Crippen LogP contribution in [0.4, 0.5) is 11.4 Å². The van der Waals surface area contributed by atoms with Crippen LogP contribution in [0.25, 0.3) is 17.0 Å². The van der Waals surface area contributed by atoms with Crippen LogP contribution in [0.15, 0.2) is 59.6 Å². The Hall–Kier alpha value is -3.01. The van der Waals surface area contributed by atoms with Crippen molar-refractivity contribution in [3.63, 3.8) is 0 Å². The van der Waals surface area contributed by atoms with E-state index in [-0.39, 0.29) is 11.6 Å². The lowest BCUT2D eigenvalue weighted by Crippen LogP contribution is -2.30. The maximum atomic E-state index is 12.8. The number of halogens is 1. The molecule has 2 heterocycles. The first kappa shape index (κ1) is 22.2. The number of thiocarbonyl (C=S) groups is 1. The number of benzene rings is 2. The quantitative estimate of drug-likeness (QED) is 0.156. The van der Waals surface area contributed by atoms with Crippen molar-refractivity contribution in [3.05, 3.63) is 80.3 Å². The molecular weight excluding hydrogens is 468 g/mol. The summed E-state index contributed by atoms with van der Waals surface area (Å²) in [5.41, 5.74) is 2.32. The van der Waals surface area contributed by atoms with Crippen molar-refractivity contribution in [2.45, 2.75) is 6.42 Å². The third-order valence-corrected chi connectivity index (χ3v) is 6.44. The minimum absolute atomic E-state index is 0.0220. The number of rotatable bonds is 7. The minimum atomic E-state index is -0.462. The van der Waals surface area contributed by atoms with Gasteiger partial charge in [-0.25, -0.2) is 0 Å². The Kier molecular flexibility index (Phi) is 6.69. The van der Waals surface area contributed by atoms with Crippen molar-refractivity contribution < 1.29 is 9.72 Å². The lowest BCUT2D eigenvalue weighted by atomic mass is 10.2. The first-order valence-corrected chi connectivity index (χ1v) is 11.3. The Morgan fingerprint density at radius 3 is 2.91 bits per heavy atom. The number of hydrogen-bond acceptors (Lipinski definition) is 7. The first-order chi connectivity index (χ1) is 15.4. The summed E-state index contributed by atoms with van der Waals surface area (Å²) < 4.78 is 0.482. The van der Waals surface area contributed by atoms with Gasteiger partial charge in [0.25, 0.3) is 11.6 Å². The van der Waals surface area contributed by atoms with Crippen LogP contribution in [-0.4, -0.2) is 38.1 Å². The predicted molar refractivity (Wildman–Crippen MR) is 133 cm³/mol. The predicted octanol–water partition coefficient (Wildman–Crippen LogP) is 5.50. The number of aromatic nitrogens is 1. The monoisotopic (exact) mass is 484 g/mol. The molecule has 0 aliphatic carbocycles. The molecule has 0 radical (unpaired) electrons. The van der Waals surface area contributed by atoms with Crippen molar-refractivity contribution >= 4 is 74.2 Å². The molecule has 3 aromatic rings. The SMILES string of the molecule is O=C1/C(=C/c2cccc([N+](=O)[O-])c2)SC(=S)N1CCCNc1ccnc2cc(Cl)ccc12. The Morgan fingerprint density at radius 1 is 1.25 bits per heavy atom. The van der Waals surface area contributed by atoms with Crippen LogP contribution in [0.2, 0.25) is 5.02 Å². The number of nitro groups is 1. The second kappa shape index (κ2) is 9.64. The van der Waals surface area contributed by atoms with E-state index in [0.29, 0.717) is 39.3 Å². The van der Waals surface area contributed by atoms with E-state index in [0.717, 1.165) is 16.6 Å². The highest BCUT2D eigenvalue weighted by molar-refractivity contribution is 8.26. The van der Waals surface area contributed by atoms with Crippen LogP contribution < -0.4 is 5.32 Å². The number of amides is 1. The van der Waals surface area contributed by atoms with Crippen LogP contribution >= 0.6 is 35.6 Å². The van der Waals surface area contributed by atoms with E-state index in [9.17, 15) is 14.9 Å². The smallest absolute Gasteiger partial charge is 0.270 e. The van der Waals surface area contributed by atoms with Gasteiger partial charge >= 0.3 is 0 Å². The van der Waals surface area contributed by atoms with Crippen molar-refractivity contribution in [1.29, 1.82) is 0 Å². The molecule has 10 heteroatoms. The van der Waals surface area contributed by atoms with Crippen molar-refractivity contribution in [2.75, 3.05) is 18.4 Å². The lowest BCUT2D eigenvalue weighted by molar-refractivity contribution is -0.384. The van der Waals surface area contributed by atoms with Gasteiger partial charge in [0.2, 0.25) is 0 Å². The third kappa shape index (κ3) is 4.90. The number of pyridine rings is 1. The zero-order valence-corrected chi connectivity index (χ0v) is 19.0. The van der Waals surface area contributed by atoms with E-state index in [1.165, 1.54) is 23.9 Å². The molecule has 2 aromatic carbocycles. The maximum Gasteiger partial charge on any atom is 0.270 e. The van der Waals surface area contributed by atoms with Crippen LogP contribution in [0.5, 0.6) is 0 Å². The fourth-order valence-electron chi connectivity index (χ4n) is 3.31. The summed E-state index contributed by atoms with van der Waals surface area (Å²) in [4.78, 5) is 29.6. The molecule has 0 spiro atoms. The minimum Gasteiger partial charge on any atom is -0.384 e. The van der Waals surface area contributed by atoms with Gasteiger partial charge in [-0.15, -0.1) is 0 Å². The van der Waals surface area contributed by atoms with Gasteiger partial charge in [0.15, 0.2) is 0 Å². The fraction of sp³-hybridized carbons (Fsp3) is 0.136. The van der Waals surface area contributed by atoms with Crippen molar-refractivity contribution in [3.8, 4) is 0 Å². The molecule has 1 fully saturated rings. The first-order valence-electron chi connectivity index (χ1n) is 9.70. The molecule has 1 aliphatic rings. The van der Waals surface area contributed by atoms with E-state index in [2.05, 4.69) is 10.3 Å². The molecule has 32 heavy (non-hydrogen) atoms. The molecule has 1 saturated heterocycles. The van der Waals surface area contributed by atoms with Gasteiger partial charge in [0.05, 0.1) is 15.3 Å². The Morgan fingerprint density at radius 2 is 2.09 bits per heavy atom.